The highest BCUT2D eigenvalue weighted by Gasteiger charge is 2.15. The van der Waals surface area contributed by atoms with E-state index in [1.807, 2.05) is 51.1 Å². The van der Waals surface area contributed by atoms with Crippen molar-refractivity contribution >= 4 is 11.6 Å². The highest BCUT2D eigenvalue weighted by Crippen LogP contribution is 2.20. The van der Waals surface area contributed by atoms with Gasteiger partial charge in [0.25, 0.3) is 5.91 Å². The largest absolute Gasteiger partial charge is 0.494 e. The summed E-state index contributed by atoms with van der Waals surface area (Å²) in [5.74, 6) is 1.24. The smallest absolute Gasteiger partial charge is 0.265 e. The number of nitrogens with one attached hydrogen (secondary N) is 1. The maximum atomic E-state index is 12.3. The van der Waals surface area contributed by atoms with Crippen LogP contribution in [0, 0.1) is 13.8 Å². The first-order valence-electron chi connectivity index (χ1n) is 7.76. The summed E-state index contributed by atoms with van der Waals surface area (Å²) in [6.07, 6.45) is -0.591. The molecule has 1 N–H and O–H groups in total. The zero-order valence-corrected chi connectivity index (χ0v) is 14.1. The summed E-state index contributed by atoms with van der Waals surface area (Å²) in [6.45, 7) is 8.25. The number of aryl methyl sites for hydroxylation is 2. The van der Waals surface area contributed by atoms with Crippen LogP contribution in [0.5, 0.6) is 11.5 Å². The Morgan fingerprint density at radius 3 is 2.43 bits per heavy atom. The summed E-state index contributed by atoms with van der Waals surface area (Å²) in [5, 5.41) is 2.85. The fraction of sp³-hybridized carbons (Fsp3) is 0.316. The van der Waals surface area contributed by atoms with Crippen LogP contribution < -0.4 is 14.8 Å². The van der Waals surface area contributed by atoms with Crippen LogP contribution in [0.1, 0.15) is 25.0 Å². The van der Waals surface area contributed by atoms with Crippen LogP contribution in [-0.2, 0) is 4.79 Å². The van der Waals surface area contributed by atoms with Gasteiger partial charge in [-0.2, -0.15) is 0 Å². The number of ether oxygens (including phenoxy) is 2. The molecule has 2 aromatic carbocycles. The molecule has 0 aliphatic heterocycles. The third-order valence-electron chi connectivity index (χ3n) is 3.29. The zero-order valence-electron chi connectivity index (χ0n) is 14.1. The van der Waals surface area contributed by atoms with Crippen LogP contribution in [0.25, 0.3) is 0 Å². The maximum absolute atomic E-state index is 12.3. The monoisotopic (exact) mass is 313 g/mol. The van der Waals surface area contributed by atoms with Gasteiger partial charge < -0.3 is 14.8 Å². The van der Waals surface area contributed by atoms with Gasteiger partial charge in [-0.05, 0) is 63.1 Å². The minimum Gasteiger partial charge on any atom is -0.494 e. The number of carbonyl (C=O) groups is 1. The first-order valence-corrected chi connectivity index (χ1v) is 7.76. The van der Waals surface area contributed by atoms with E-state index in [1.54, 1.807) is 13.0 Å². The van der Waals surface area contributed by atoms with Gasteiger partial charge in [-0.25, -0.2) is 0 Å². The van der Waals surface area contributed by atoms with Gasteiger partial charge in [0.05, 0.1) is 6.61 Å². The summed E-state index contributed by atoms with van der Waals surface area (Å²) in [6, 6.07) is 13.2. The SMILES string of the molecule is CCOc1cccc(NC(=O)C(C)Oc2cc(C)cc(C)c2)c1. The van der Waals surface area contributed by atoms with E-state index in [0.717, 1.165) is 16.9 Å². The number of benzene rings is 2. The maximum Gasteiger partial charge on any atom is 0.265 e. The molecule has 1 unspecified atom stereocenters. The second kappa shape index (κ2) is 7.68. The van der Waals surface area contributed by atoms with Gasteiger partial charge in [0, 0.05) is 11.8 Å². The molecule has 0 aliphatic rings. The molecule has 0 spiro atoms. The van der Waals surface area contributed by atoms with Crippen molar-refractivity contribution in [1.82, 2.24) is 0 Å². The van der Waals surface area contributed by atoms with Gasteiger partial charge in [0.2, 0.25) is 0 Å². The molecule has 0 radical (unpaired) electrons. The van der Waals surface area contributed by atoms with E-state index in [0.29, 0.717) is 18.0 Å². The summed E-state index contributed by atoms with van der Waals surface area (Å²) in [5.41, 5.74) is 2.91. The number of hydrogen-bond donors (Lipinski definition) is 1. The number of anilines is 1. The van der Waals surface area contributed by atoms with Gasteiger partial charge in [-0.1, -0.05) is 12.1 Å². The molecule has 0 saturated heterocycles. The summed E-state index contributed by atoms with van der Waals surface area (Å²) >= 11 is 0. The van der Waals surface area contributed by atoms with Gasteiger partial charge in [-0.3, -0.25) is 4.79 Å². The van der Waals surface area contributed by atoms with Crippen molar-refractivity contribution in [2.45, 2.75) is 33.8 Å². The predicted octanol–water partition coefficient (Wildman–Crippen LogP) is 4.11. The summed E-state index contributed by atoms with van der Waals surface area (Å²) < 4.78 is 11.2. The first-order chi connectivity index (χ1) is 11.0. The Hall–Kier alpha value is -2.49. The lowest BCUT2D eigenvalue weighted by atomic mass is 10.1. The van der Waals surface area contributed by atoms with Crippen molar-refractivity contribution < 1.29 is 14.3 Å². The fourth-order valence-electron chi connectivity index (χ4n) is 2.33. The lowest BCUT2D eigenvalue weighted by Crippen LogP contribution is -2.30. The minimum absolute atomic E-state index is 0.196. The van der Waals surface area contributed by atoms with Crippen LogP contribution in [0.3, 0.4) is 0 Å². The molecule has 0 bridgehead atoms. The van der Waals surface area contributed by atoms with E-state index in [1.165, 1.54) is 0 Å². The molecular weight excluding hydrogens is 290 g/mol. The van der Waals surface area contributed by atoms with Crippen molar-refractivity contribution in [2.75, 3.05) is 11.9 Å². The van der Waals surface area contributed by atoms with Crippen LogP contribution in [0.2, 0.25) is 0 Å². The van der Waals surface area contributed by atoms with Gasteiger partial charge in [0.1, 0.15) is 11.5 Å². The van der Waals surface area contributed by atoms with Gasteiger partial charge in [0.15, 0.2) is 6.10 Å². The molecule has 0 fully saturated rings. The average molecular weight is 313 g/mol. The minimum atomic E-state index is -0.591. The summed E-state index contributed by atoms with van der Waals surface area (Å²) in [4.78, 5) is 12.3. The van der Waals surface area contributed by atoms with Crippen LogP contribution >= 0.6 is 0 Å². The van der Waals surface area contributed by atoms with Gasteiger partial charge in [-0.15, -0.1) is 0 Å². The molecule has 23 heavy (non-hydrogen) atoms. The topological polar surface area (TPSA) is 47.6 Å². The molecule has 0 heterocycles. The molecule has 0 aliphatic carbocycles. The lowest BCUT2D eigenvalue weighted by Gasteiger charge is -2.16. The summed E-state index contributed by atoms with van der Waals surface area (Å²) in [7, 11) is 0. The number of rotatable bonds is 6. The third-order valence-corrected chi connectivity index (χ3v) is 3.29. The highest BCUT2D eigenvalue weighted by molar-refractivity contribution is 5.94. The predicted molar refractivity (Wildman–Crippen MR) is 92.2 cm³/mol. The molecule has 0 aromatic heterocycles. The average Bonchev–Trinajstić information content (AvgIpc) is 2.46. The second-order valence-electron chi connectivity index (χ2n) is 5.53. The number of amides is 1. The Bertz CT molecular complexity index is 662. The van der Waals surface area contributed by atoms with E-state index < -0.39 is 6.10 Å². The van der Waals surface area contributed by atoms with E-state index in [2.05, 4.69) is 11.4 Å². The van der Waals surface area contributed by atoms with Crippen molar-refractivity contribution in [2.24, 2.45) is 0 Å². The Kier molecular flexibility index (Phi) is 5.63. The van der Waals surface area contributed by atoms with Crippen LogP contribution in [0.15, 0.2) is 42.5 Å². The molecule has 1 atom stereocenters. The molecule has 2 aromatic rings. The Balaban J connectivity index is 2.00. The Morgan fingerprint density at radius 1 is 1.09 bits per heavy atom. The van der Waals surface area contributed by atoms with E-state index in [9.17, 15) is 4.79 Å². The zero-order chi connectivity index (χ0) is 16.8. The third kappa shape index (κ3) is 5.02. The fourth-order valence-corrected chi connectivity index (χ4v) is 2.33. The van der Waals surface area contributed by atoms with E-state index in [-0.39, 0.29) is 5.91 Å². The van der Waals surface area contributed by atoms with Crippen molar-refractivity contribution in [1.29, 1.82) is 0 Å². The van der Waals surface area contributed by atoms with Crippen molar-refractivity contribution in [3.8, 4) is 11.5 Å². The Morgan fingerprint density at radius 2 is 1.78 bits per heavy atom. The van der Waals surface area contributed by atoms with Crippen LogP contribution in [0.4, 0.5) is 5.69 Å². The highest BCUT2D eigenvalue weighted by atomic mass is 16.5. The van der Waals surface area contributed by atoms with Crippen LogP contribution in [-0.4, -0.2) is 18.6 Å². The molecule has 122 valence electrons. The second-order valence-corrected chi connectivity index (χ2v) is 5.53. The molecule has 4 nitrogen and oxygen atoms in total. The first kappa shape index (κ1) is 16.9. The standard InChI is InChI=1S/C19H23NO3/c1-5-22-17-8-6-7-16(12-17)20-19(21)15(4)23-18-10-13(2)9-14(3)11-18/h6-12,15H,5H2,1-4H3,(H,20,21). The normalized spacial score (nSPS) is 11.7. The van der Waals surface area contributed by atoms with Crippen molar-refractivity contribution in [3.63, 3.8) is 0 Å². The Labute approximate surface area is 137 Å². The van der Waals surface area contributed by atoms with Gasteiger partial charge >= 0.3 is 0 Å². The quantitative estimate of drug-likeness (QED) is 0.873. The van der Waals surface area contributed by atoms with E-state index >= 15 is 0 Å². The number of hydrogen-bond acceptors (Lipinski definition) is 3. The molecule has 0 saturated carbocycles. The number of carbonyl (C=O) groups excluding carboxylic acids is 1. The lowest BCUT2D eigenvalue weighted by molar-refractivity contribution is -0.122. The molecule has 2 rings (SSSR count). The molecular formula is C19H23NO3. The van der Waals surface area contributed by atoms with Crippen molar-refractivity contribution in [3.05, 3.63) is 53.6 Å². The van der Waals surface area contributed by atoms with E-state index in [4.69, 9.17) is 9.47 Å². The molecule has 1 amide bonds. The molecule has 4 heteroatoms.